The van der Waals surface area contributed by atoms with E-state index in [1.807, 2.05) is 0 Å². The van der Waals surface area contributed by atoms with Crippen molar-refractivity contribution in [2.24, 2.45) is 5.92 Å². The van der Waals surface area contributed by atoms with Crippen molar-refractivity contribution in [3.63, 3.8) is 0 Å². The molecule has 0 unspecified atom stereocenters. The SMILES string of the molecule is COC(=O)N1CCC(CNC(=O)c2ccccc2[N+](=O)[O-])CC1. The average Bonchev–Trinajstić information content (AvgIpc) is 2.59. The van der Waals surface area contributed by atoms with Crippen LogP contribution < -0.4 is 5.32 Å². The minimum Gasteiger partial charge on any atom is -0.453 e. The maximum absolute atomic E-state index is 12.1. The van der Waals surface area contributed by atoms with Gasteiger partial charge in [0.25, 0.3) is 11.6 Å². The van der Waals surface area contributed by atoms with Crippen molar-refractivity contribution in [1.82, 2.24) is 10.2 Å². The summed E-state index contributed by atoms with van der Waals surface area (Å²) >= 11 is 0. The topological polar surface area (TPSA) is 102 Å². The van der Waals surface area contributed by atoms with Crippen LogP contribution in [0.3, 0.4) is 0 Å². The van der Waals surface area contributed by atoms with Crippen LogP contribution in [0, 0.1) is 16.0 Å². The van der Waals surface area contributed by atoms with Crippen molar-refractivity contribution < 1.29 is 19.2 Å². The van der Waals surface area contributed by atoms with Gasteiger partial charge in [-0.1, -0.05) is 12.1 Å². The first-order valence-corrected chi connectivity index (χ1v) is 7.37. The highest BCUT2D eigenvalue weighted by Crippen LogP contribution is 2.19. The smallest absolute Gasteiger partial charge is 0.409 e. The number of nitrogens with one attached hydrogen (secondary N) is 1. The maximum Gasteiger partial charge on any atom is 0.409 e. The van der Waals surface area contributed by atoms with E-state index in [9.17, 15) is 19.7 Å². The molecule has 1 aliphatic heterocycles. The summed E-state index contributed by atoms with van der Waals surface area (Å²) in [5.74, 6) is -0.213. The fraction of sp³-hybridized carbons (Fsp3) is 0.467. The number of carbonyl (C=O) groups excluding carboxylic acids is 2. The zero-order chi connectivity index (χ0) is 16.8. The van der Waals surface area contributed by atoms with Gasteiger partial charge in [-0.2, -0.15) is 0 Å². The van der Waals surface area contributed by atoms with Gasteiger partial charge in [-0.15, -0.1) is 0 Å². The Morgan fingerprint density at radius 2 is 2.00 bits per heavy atom. The third kappa shape index (κ3) is 4.18. The highest BCUT2D eigenvalue weighted by atomic mass is 16.6. The number of amides is 2. The van der Waals surface area contributed by atoms with Crippen molar-refractivity contribution in [2.75, 3.05) is 26.7 Å². The first-order valence-electron chi connectivity index (χ1n) is 7.37. The monoisotopic (exact) mass is 321 g/mol. The molecule has 1 N–H and O–H groups in total. The number of hydrogen-bond donors (Lipinski definition) is 1. The molecule has 0 atom stereocenters. The van der Waals surface area contributed by atoms with E-state index in [1.54, 1.807) is 11.0 Å². The van der Waals surface area contributed by atoms with Crippen molar-refractivity contribution in [3.05, 3.63) is 39.9 Å². The molecule has 0 saturated carbocycles. The molecule has 0 aromatic heterocycles. The molecule has 2 amide bonds. The number of para-hydroxylation sites is 1. The van der Waals surface area contributed by atoms with E-state index in [0.717, 1.165) is 12.8 Å². The Kier molecular flexibility index (Phi) is 5.51. The minimum absolute atomic E-state index is 0.0597. The number of rotatable bonds is 4. The number of piperidine rings is 1. The lowest BCUT2D eigenvalue weighted by Gasteiger charge is -2.30. The number of hydrogen-bond acceptors (Lipinski definition) is 5. The lowest BCUT2D eigenvalue weighted by molar-refractivity contribution is -0.385. The molecular weight excluding hydrogens is 302 g/mol. The van der Waals surface area contributed by atoms with E-state index < -0.39 is 10.8 Å². The Balaban J connectivity index is 1.87. The average molecular weight is 321 g/mol. The number of likely N-dealkylation sites (tertiary alicyclic amines) is 1. The van der Waals surface area contributed by atoms with Crippen LogP contribution in [-0.2, 0) is 4.74 Å². The Hall–Kier alpha value is -2.64. The van der Waals surface area contributed by atoms with Gasteiger partial charge in [-0.3, -0.25) is 14.9 Å². The summed E-state index contributed by atoms with van der Waals surface area (Å²) in [6.07, 6.45) is 1.17. The second kappa shape index (κ2) is 7.57. The number of nitro benzene ring substituents is 1. The van der Waals surface area contributed by atoms with Gasteiger partial charge in [-0.05, 0) is 24.8 Å². The predicted octanol–water partition coefficient (Wildman–Crippen LogP) is 1.80. The Bertz CT molecular complexity index is 597. The van der Waals surface area contributed by atoms with Gasteiger partial charge in [0.15, 0.2) is 0 Å². The summed E-state index contributed by atoms with van der Waals surface area (Å²) in [6, 6.07) is 5.87. The van der Waals surface area contributed by atoms with Crippen LogP contribution in [0.25, 0.3) is 0 Å². The van der Waals surface area contributed by atoms with E-state index in [4.69, 9.17) is 0 Å². The number of nitro groups is 1. The molecule has 0 aliphatic carbocycles. The largest absolute Gasteiger partial charge is 0.453 e. The molecular formula is C15H19N3O5. The highest BCUT2D eigenvalue weighted by molar-refractivity contribution is 5.98. The van der Waals surface area contributed by atoms with Crippen LogP contribution in [0.4, 0.5) is 10.5 Å². The fourth-order valence-corrected chi connectivity index (χ4v) is 2.61. The Morgan fingerprint density at radius 1 is 1.35 bits per heavy atom. The zero-order valence-corrected chi connectivity index (χ0v) is 12.9. The van der Waals surface area contributed by atoms with Crippen molar-refractivity contribution >= 4 is 17.7 Å². The van der Waals surface area contributed by atoms with Crippen molar-refractivity contribution in [1.29, 1.82) is 0 Å². The summed E-state index contributed by atoms with van der Waals surface area (Å²) in [7, 11) is 1.35. The third-order valence-corrected chi connectivity index (χ3v) is 3.94. The van der Waals surface area contributed by atoms with Crippen LogP contribution in [0.2, 0.25) is 0 Å². The summed E-state index contributed by atoms with van der Waals surface area (Å²) in [5.41, 5.74) is -0.144. The van der Waals surface area contributed by atoms with Crippen LogP contribution in [0.15, 0.2) is 24.3 Å². The van der Waals surface area contributed by atoms with Crippen molar-refractivity contribution in [3.8, 4) is 0 Å². The standard InChI is InChI=1S/C15H19N3O5/c1-23-15(20)17-8-6-11(7-9-17)10-16-14(19)12-4-2-3-5-13(12)18(21)22/h2-5,11H,6-10H2,1H3,(H,16,19). The van der Waals surface area contributed by atoms with E-state index in [-0.39, 0.29) is 23.3 Å². The second-order valence-electron chi connectivity index (χ2n) is 5.38. The van der Waals surface area contributed by atoms with E-state index >= 15 is 0 Å². The molecule has 0 bridgehead atoms. The first kappa shape index (κ1) is 16.7. The second-order valence-corrected chi connectivity index (χ2v) is 5.38. The van der Waals surface area contributed by atoms with Crippen molar-refractivity contribution in [2.45, 2.75) is 12.8 Å². The molecule has 1 heterocycles. The maximum atomic E-state index is 12.1. The number of methoxy groups -OCH3 is 1. The number of nitrogens with zero attached hydrogens (tertiary/aromatic N) is 2. The number of carbonyl (C=O) groups is 2. The van der Waals surface area contributed by atoms with Crippen LogP contribution in [-0.4, -0.2) is 48.6 Å². The van der Waals surface area contributed by atoms with Gasteiger partial charge in [0.1, 0.15) is 5.56 Å². The molecule has 1 aliphatic rings. The molecule has 1 aromatic rings. The normalized spacial score (nSPS) is 15.1. The molecule has 0 spiro atoms. The number of benzene rings is 1. The molecule has 0 radical (unpaired) electrons. The predicted molar refractivity (Wildman–Crippen MR) is 82.1 cm³/mol. The summed E-state index contributed by atoms with van der Waals surface area (Å²) in [5, 5.41) is 13.7. The molecule has 2 rings (SSSR count). The Labute approximate surface area is 133 Å². The summed E-state index contributed by atoms with van der Waals surface area (Å²) in [6.45, 7) is 1.59. The lowest BCUT2D eigenvalue weighted by Crippen LogP contribution is -2.41. The van der Waals surface area contributed by atoms with Gasteiger partial charge in [-0.25, -0.2) is 4.79 Å². The quantitative estimate of drug-likeness (QED) is 0.673. The van der Waals surface area contributed by atoms with E-state index in [1.165, 1.54) is 25.3 Å². The van der Waals surface area contributed by atoms with E-state index in [0.29, 0.717) is 19.6 Å². The van der Waals surface area contributed by atoms with Gasteiger partial charge in [0.2, 0.25) is 0 Å². The Morgan fingerprint density at radius 3 is 2.61 bits per heavy atom. The molecule has 8 nitrogen and oxygen atoms in total. The molecule has 1 fully saturated rings. The van der Waals surface area contributed by atoms with Crippen LogP contribution in [0.5, 0.6) is 0 Å². The molecule has 124 valence electrons. The molecule has 8 heteroatoms. The van der Waals surface area contributed by atoms with Crippen LogP contribution in [0.1, 0.15) is 23.2 Å². The summed E-state index contributed by atoms with van der Waals surface area (Å²) < 4.78 is 4.67. The van der Waals surface area contributed by atoms with Crippen LogP contribution >= 0.6 is 0 Å². The fourth-order valence-electron chi connectivity index (χ4n) is 2.61. The zero-order valence-electron chi connectivity index (χ0n) is 12.9. The first-order chi connectivity index (χ1) is 11.0. The van der Waals surface area contributed by atoms with Gasteiger partial charge < -0.3 is 15.0 Å². The minimum atomic E-state index is -0.566. The number of ether oxygens (including phenoxy) is 1. The molecule has 1 saturated heterocycles. The lowest BCUT2D eigenvalue weighted by atomic mass is 9.97. The molecule has 1 aromatic carbocycles. The van der Waals surface area contributed by atoms with Gasteiger partial charge in [0.05, 0.1) is 12.0 Å². The van der Waals surface area contributed by atoms with Gasteiger partial charge >= 0.3 is 6.09 Å². The van der Waals surface area contributed by atoms with E-state index in [2.05, 4.69) is 10.1 Å². The van der Waals surface area contributed by atoms with Gasteiger partial charge in [0, 0.05) is 25.7 Å². The molecule has 23 heavy (non-hydrogen) atoms. The third-order valence-electron chi connectivity index (χ3n) is 3.94. The highest BCUT2D eigenvalue weighted by Gasteiger charge is 2.24. The summed E-state index contributed by atoms with van der Waals surface area (Å²) in [4.78, 5) is 35.5.